The molecule has 0 aromatic heterocycles. The Hall–Kier alpha value is -2.38. The fourth-order valence-corrected chi connectivity index (χ4v) is 5.66. The van der Waals surface area contributed by atoms with E-state index in [2.05, 4.69) is 11.0 Å². The first-order valence-corrected chi connectivity index (χ1v) is 11.0. The van der Waals surface area contributed by atoms with E-state index in [0.29, 0.717) is 37.5 Å². The number of carbonyl (C=O) groups excluding carboxylic acids is 1. The molecule has 7 heteroatoms. The van der Waals surface area contributed by atoms with E-state index in [0.717, 1.165) is 23.4 Å². The molecule has 1 saturated heterocycles. The van der Waals surface area contributed by atoms with Gasteiger partial charge >= 0.3 is 0 Å². The van der Waals surface area contributed by atoms with Crippen LogP contribution < -0.4 is 9.80 Å². The molecule has 1 fully saturated rings. The molecular weight excluding hydrogens is 374 g/mol. The van der Waals surface area contributed by atoms with Crippen LogP contribution in [0.4, 0.5) is 11.4 Å². The van der Waals surface area contributed by atoms with Crippen LogP contribution in [0.1, 0.15) is 17.5 Å². The molecule has 2 aromatic carbocycles. The van der Waals surface area contributed by atoms with Crippen molar-refractivity contribution < 1.29 is 13.2 Å². The van der Waals surface area contributed by atoms with Gasteiger partial charge in [-0.05, 0) is 48.7 Å². The molecule has 0 atom stereocenters. The molecule has 6 nitrogen and oxygen atoms in total. The van der Waals surface area contributed by atoms with Gasteiger partial charge in [-0.1, -0.05) is 18.2 Å². The first-order valence-electron chi connectivity index (χ1n) is 9.58. The van der Waals surface area contributed by atoms with Gasteiger partial charge in [0.25, 0.3) is 0 Å². The van der Waals surface area contributed by atoms with Gasteiger partial charge in [0.15, 0.2) is 0 Å². The fourth-order valence-electron chi connectivity index (χ4n) is 4.01. The van der Waals surface area contributed by atoms with Gasteiger partial charge < -0.3 is 9.80 Å². The van der Waals surface area contributed by atoms with E-state index < -0.39 is 10.0 Å². The zero-order valence-corrected chi connectivity index (χ0v) is 17.1. The summed E-state index contributed by atoms with van der Waals surface area (Å²) in [4.78, 5) is 16.2. The van der Waals surface area contributed by atoms with Gasteiger partial charge in [0, 0.05) is 51.0 Å². The third-order valence-electron chi connectivity index (χ3n) is 5.72. The lowest BCUT2D eigenvalue weighted by molar-refractivity contribution is -0.118. The molecule has 2 aromatic rings. The van der Waals surface area contributed by atoms with E-state index in [1.54, 1.807) is 21.3 Å². The lowest BCUT2D eigenvalue weighted by Crippen LogP contribution is -2.48. The second-order valence-electron chi connectivity index (χ2n) is 7.42. The van der Waals surface area contributed by atoms with Gasteiger partial charge in [-0.2, -0.15) is 4.31 Å². The van der Waals surface area contributed by atoms with Crippen molar-refractivity contribution in [2.24, 2.45) is 0 Å². The molecule has 28 heavy (non-hydrogen) atoms. The fraction of sp³-hybridized carbons (Fsp3) is 0.381. The maximum atomic E-state index is 13.0. The minimum Gasteiger partial charge on any atom is -0.369 e. The van der Waals surface area contributed by atoms with Gasteiger partial charge in [0.1, 0.15) is 0 Å². The summed E-state index contributed by atoms with van der Waals surface area (Å²) < 4.78 is 27.5. The van der Waals surface area contributed by atoms with Gasteiger partial charge in [0.2, 0.25) is 15.9 Å². The largest absolute Gasteiger partial charge is 0.369 e. The molecule has 148 valence electrons. The number of carbonyl (C=O) groups is 1. The lowest BCUT2D eigenvalue weighted by Gasteiger charge is -2.36. The van der Waals surface area contributed by atoms with Gasteiger partial charge in [-0.25, -0.2) is 8.42 Å². The van der Waals surface area contributed by atoms with Crippen LogP contribution in [0.5, 0.6) is 0 Å². The molecule has 0 spiro atoms. The van der Waals surface area contributed by atoms with Crippen molar-refractivity contribution in [3.8, 4) is 0 Å². The summed E-state index contributed by atoms with van der Waals surface area (Å²) in [5.74, 6) is 0.148. The van der Waals surface area contributed by atoms with E-state index in [1.807, 2.05) is 38.2 Å². The van der Waals surface area contributed by atoms with Crippen LogP contribution in [0.15, 0.2) is 47.4 Å². The quantitative estimate of drug-likeness (QED) is 0.795. The smallest absolute Gasteiger partial charge is 0.243 e. The molecule has 0 radical (unpaired) electrons. The monoisotopic (exact) mass is 399 g/mol. The Morgan fingerprint density at radius 1 is 0.929 bits per heavy atom. The van der Waals surface area contributed by atoms with Crippen molar-refractivity contribution in [1.29, 1.82) is 0 Å². The number of rotatable bonds is 3. The van der Waals surface area contributed by atoms with Crippen LogP contribution in [0.3, 0.4) is 0 Å². The first-order chi connectivity index (χ1) is 13.4. The number of hydrogen-bond acceptors (Lipinski definition) is 4. The summed E-state index contributed by atoms with van der Waals surface area (Å²) in [6.45, 7) is 4.06. The molecule has 2 heterocycles. The van der Waals surface area contributed by atoms with E-state index in [1.165, 1.54) is 5.56 Å². The standard InChI is InChI=1S/C21H25N3O3S/c1-16-5-3-4-6-20(16)28(26,27)24-13-11-23(12-14-24)18-8-9-19-17(15-18)7-10-21(25)22(19)2/h3-6,8-9,15H,7,10-14H2,1-2H3. The summed E-state index contributed by atoms with van der Waals surface area (Å²) in [6.07, 6.45) is 1.30. The molecule has 0 bridgehead atoms. The zero-order valence-electron chi connectivity index (χ0n) is 16.3. The molecule has 1 amide bonds. The number of fused-ring (bicyclic) bond motifs is 1. The van der Waals surface area contributed by atoms with E-state index >= 15 is 0 Å². The van der Waals surface area contributed by atoms with Crippen molar-refractivity contribution >= 4 is 27.3 Å². The van der Waals surface area contributed by atoms with Crippen LogP contribution in [0.25, 0.3) is 0 Å². The number of anilines is 2. The Balaban J connectivity index is 1.49. The van der Waals surface area contributed by atoms with Crippen molar-refractivity contribution in [2.75, 3.05) is 43.0 Å². The first kappa shape index (κ1) is 19.0. The van der Waals surface area contributed by atoms with Crippen LogP contribution in [-0.2, 0) is 21.2 Å². The summed E-state index contributed by atoms with van der Waals surface area (Å²) in [5, 5.41) is 0. The molecule has 2 aliphatic rings. The van der Waals surface area contributed by atoms with Crippen molar-refractivity contribution in [2.45, 2.75) is 24.7 Å². The molecular formula is C21H25N3O3S. The number of amides is 1. The normalized spacial score (nSPS) is 18.3. The summed E-state index contributed by atoms with van der Waals surface area (Å²) in [7, 11) is -1.65. The van der Waals surface area contributed by atoms with Crippen LogP contribution in [-0.4, -0.2) is 51.9 Å². The van der Waals surface area contributed by atoms with Crippen molar-refractivity contribution in [3.63, 3.8) is 0 Å². The predicted molar refractivity (Wildman–Crippen MR) is 110 cm³/mol. The average molecular weight is 400 g/mol. The number of aryl methyl sites for hydroxylation is 2. The lowest BCUT2D eigenvalue weighted by atomic mass is 10.0. The van der Waals surface area contributed by atoms with Crippen molar-refractivity contribution in [3.05, 3.63) is 53.6 Å². The van der Waals surface area contributed by atoms with E-state index in [9.17, 15) is 13.2 Å². The highest BCUT2D eigenvalue weighted by atomic mass is 32.2. The second-order valence-corrected chi connectivity index (χ2v) is 9.33. The zero-order chi connectivity index (χ0) is 19.9. The highest BCUT2D eigenvalue weighted by molar-refractivity contribution is 7.89. The Morgan fingerprint density at radius 2 is 1.64 bits per heavy atom. The summed E-state index contributed by atoms with van der Waals surface area (Å²) in [5.41, 5.74) is 4.02. The summed E-state index contributed by atoms with van der Waals surface area (Å²) in [6, 6.07) is 13.3. The summed E-state index contributed by atoms with van der Waals surface area (Å²) >= 11 is 0. The van der Waals surface area contributed by atoms with Gasteiger partial charge in [-0.3, -0.25) is 4.79 Å². The maximum Gasteiger partial charge on any atom is 0.243 e. The van der Waals surface area contributed by atoms with Crippen LogP contribution in [0.2, 0.25) is 0 Å². The maximum absolute atomic E-state index is 13.0. The van der Waals surface area contributed by atoms with Gasteiger partial charge in [-0.15, -0.1) is 0 Å². The Bertz CT molecular complexity index is 1010. The minimum absolute atomic E-state index is 0.148. The second kappa shape index (κ2) is 7.22. The molecule has 0 unspecified atom stereocenters. The predicted octanol–water partition coefficient (Wildman–Crippen LogP) is 2.41. The molecule has 0 aliphatic carbocycles. The molecule has 2 aliphatic heterocycles. The topological polar surface area (TPSA) is 60.9 Å². The van der Waals surface area contributed by atoms with Gasteiger partial charge in [0.05, 0.1) is 4.90 Å². The number of piperazine rings is 1. The third-order valence-corrected chi connectivity index (χ3v) is 7.78. The highest BCUT2D eigenvalue weighted by Gasteiger charge is 2.30. The highest BCUT2D eigenvalue weighted by Crippen LogP contribution is 2.31. The number of nitrogens with zero attached hydrogens (tertiary/aromatic N) is 3. The van der Waals surface area contributed by atoms with Crippen LogP contribution in [0, 0.1) is 6.92 Å². The number of benzene rings is 2. The molecule has 0 N–H and O–H groups in total. The molecule has 0 saturated carbocycles. The van der Waals surface area contributed by atoms with Crippen LogP contribution >= 0.6 is 0 Å². The Labute approximate surface area is 166 Å². The Kier molecular flexibility index (Phi) is 4.89. The molecule has 4 rings (SSSR count). The van der Waals surface area contributed by atoms with E-state index in [4.69, 9.17) is 0 Å². The third kappa shape index (κ3) is 3.29. The SMILES string of the molecule is Cc1ccccc1S(=O)(=O)N1CCN(c2ccc3c(c2)CCC(=O)N3C)CC1. The minimum atomic E-state index is -3.46. The number of sulfonamides is 1. The van der Waals surface area contributed by atoms with E-state index in [-0.39, 0.29) is 5.91 Å². The van der Waals surface area contributed by atoms with Crippen molar-refractivity contribution in [1.82, 2.24) is 4.31 Å². The average Bonchev–Trinajstić information content (AvgIpc) is 2.71. The Morgan fingerprint density at radius 3 is 2.36 bits per heavy atom. The number of hydrogen-bond donors (Lipinski definition) is 0.